The minimum absolute atomic E-state index is 0.0885. The van der Waals surface area contributed by atoms with Crippen LogP contribution in [0.1, 0.15) is 31.7 Å². The molecule has 1 heterocycles. The van der Waals surface area contributed by atoms with Gasteiger partial charge in [-0.1, -0.05) is 12.1 Å². The van der Waals surface area contributed by atoms with Crippen LogP contribution in [0.25, 0.3) is 0 Å². The van der Waals surface area contributed by atoms with Crippen LogP contribution in [-0.2, 0) is 16.0 Å². The molecule has 0 bridgehead atoms. The summed E-state index contributed by atoms with van der Waals surface area (Å²) in [7, 11) is 1.62. The number of benzene rings is 1. The molecule has 0 spiro atoms. The number of carbonyl (C=O) groups is 2. The summed E-state index contributed by atoms with van der Waals surface area (Å²) in [5.41, 5.74) is 0.947. The Hall–Kier alpha value is -1.84. The van der Waals surface area contributed by atoms with Crippen molar-refractivity contribution in [2.45, 2.75) is 38.6 Å². The smallest absolute Gasteiger partial charge is 0.227 e. The molecule has 1 fully saturated rings. The minimum Gasteiger partial charge on any atom is -0.497 e. The van der Waals surface area contributed by atoms with Gasteiger partial charge in [-0.2, -0.15) is 0 Å². The van der Waals surface area contributed by atoms with Crippen LogP contribution in [-0.4, -0.2) is 36.3 Å². The molecule has 0 aliphatic carbocycles. The maximum absolute atomic E-state index is 12.4. The SMILES string of the molecule is COc1cccc(CC(=O)N2CCCC2CC(C)=O)c1. The third kappa shape index (κ3) is 3.59. The van der Waals surface area contributed by atoms with Gasteiger partial charge in [0.1, 0.15) is 11.5 Å². The molecule has 1 saturated heterocycles. The van der Waals surface area contributed by atoms with Gasteiger partial charge in [0.15, 0.2) is 0 Å². The number of hydrogen-bond acceptors (Lipinski definition) is 3. The van der Waals surface area contributed by atoms with Crippen molar-refractivity contribution < 1.29 is 14.3 Å². The van der Waals surface area contributed by atoms with E-state index < -0.39 is 0 Å². The Labute approximate surface area is 119 Å². The number of methoxy groups -OCH3 is 1. The van der Waals surface area contributed by atoms with Gasteiger partial charge in [0, 0.05) is 19.0 Å². The van der Waals surface area contributed by atoms with Crippen molar-refractivity contribution in [3.8, 4) is 5.75 Å². The lowest BCUT2D eigenvalue weighted by atomic mass is 10.1. The van der Waals surface area contributed by atoms with Gasteiger partial charge in [-0.05, 0) is 37.5 Å². The van der Waals surface area contributed by atoms with Crippen molar-refractivity contribution in [1.29, 1.82) is 0 Å². The van der Waals surface area contributed by atoms with Crippen LogP contribution in [0.3, 0.4) is 0 Å². The number of carbonyl (C=O) groups excluding carboxylic acids is 2. The highest BCUT2D eigenvalue weighted by Gasteiger charge is 2.29. The maximum atomic E-state index is 12.4. The zero-order valence-corrected chi connectivity index (χ0v) is 12.1. The van der Waals surface area contributed by atoms with Gasteiger partial charge in [-0.25, -0.2) is 0 Å². The summed E-state index contributed by atoms with van der Waals surface area (Å²) in [6.07, 6.45) is 2.76. The third-order valence-corrected chi connectivity index (χ3v) is 3.71. The van der Waals surface area contributed by atoms with Crippen LogP contribution in [0.15, 0.2) is 24.3 Å². The summed E-state index contributed by atoms with van der Waals surface area (Å²) >= 11 is 0. The van der Waals surface area contributed by atoms with Crippen LogP contribution in [0.5, 0.6) is 5.75 Å². The molecule has 1 aromatic carbocycles. The van der Waals surface area contributed by atoms with E-state index >= 15 is 0 Å². The number of ketones is 1. The van der Waals surface area contributed by atoms with Crippen molar-refractivity contribution in [2.75, 3.05) is 13.7 Å². The van der Waals surface area contributed by atoms with E-state index in [-0.39, 0.29) is 17.7 Å². The Bertz CT molecular complexity index is 498. The van der Waals surface area contributed by atoms with Gasteiger partial charge in [0.25, 0.3) is 0 Å². The highest BCUT2D eigenvalue weighted by atomic mass is 16.5. The summed E-state index contributed by atoms with van der Waals surface area (Å²) in [5.74, 6) is 1.01. The molecule has 1 atom stereocenters. The quantitative estimate of drug-likeness (QED) is 0.827. The van der Waals surface area contributed by atoms with Gasteiger partial charge >= 0.3 is 0 Å². The average molecular weight is 275 g/mol. The molecule has 4 heteroatoms. The molecule has 108 valence electrons. The van der Waals surface area contributed by atoms with Crippen LogP contribution in [0.2, 0.25) is 0 Å². The Morgan fingerprint density at radius 1 is 1.40 bits per heavy atom. The number of rotatable bonds is 5. The standard InChI is InChI=1S/C16H21NO3/c1-12(18)9-14-6-4-8-17(14)16(19)11-13-5-3-7-15(10-13)20-2/h3,5,7,10,14H,4,6,8-9,11H2,1-2H3. The molecule has 1 unspecified atom stereocenters. The summed E-state index contributed by atoms with van der Waals surface area (Å²) in [4.78, 5) is 25.5. The van der Waals surface area contributed by atoms with E-state index in [4.69, 9.17) is 4.74 Å². The van der Waals surface area contributed by atoms with Crippen molar-refractivity contribution in [3.63, 3.8) is 0 Å². The lowest BCUT2D eigenvalue weighted by molar-refractivity contribution is -0.132. The van der Waals surface area contributed by atoms with E-state index in [1.165, 1.54) is 0 Å². The predicted molar refractivity (Wildman–Crippen MR) is 76.7 cm³/mol. The van der Waals surface area contributed by atoms with Crippen LogP contribution < -0.4 is 4.74 Å². The lowest BCUT2D eigenvalue weighted by Crippen LogP contribution is -2.37. The number of ether oxygens (including phenoxy) is 1. The molecule has 1 aliphatic rings. The van der Waals surface area contributed by atoms with Gasteiger partial charge in [-0.3, -0.25) is 9.59 Å². The molecule has 1 aliphatic heterocycles. The van der Waals surface area contributed by atoms with Gasteiger partial charge in [-0.15, -0.1) is 0 Å². The Balaban J connectivity index is 2.01. The Kier molecular flexibility index (Phi) is 4.77. The second kappa shape index (κ2) is 6.55. The Morgan fingerprint density at radius 3 is 2.90 bits per heavy atom. The van der Waals surface area contributed by atoms with Crippen molar-refractivity contribution >= 4 is 11.7 Å². The first-order valence-electron chi connectivity index (χ1n) is 7.02. The van der Waals surface area contributed by atoms with E-state index in [0.29, 0.717) is 12.8 Å². The third-order valence-electron chi connectivity index (χ3n) is 3.71. The van der Waals surface area contributed by atoms with E-state index in [1.807, 2.05) is 29.2 Å². The highest BCUT2D eigenvalue weighted by molar-refractivity contribution is 5.81. The molecule has 0 N–H and O–H groups in total. The topological polar surface area (TPSA) is 46.6 Å². The zero-order chi connectivity index (χ0) is 14.5. The molecule has 1 amide bonds. The molecule has 0 radical (unpaired) electrons. The second-order valence-corrected chi connectivity index (χ2v) is 5.32. The second-order valence-electron chi connectivity index (χ2n) is 5.32. The fourth-order valence-electron chi connectivity index (χ4n) is 2.77. The van der Waals surface area contributed by atoms with Crippen LogP contribution in [0.4, 0.5) is 0 Å². The summed E-state index contributed by atoms with van der Waals surface area (Å²) in [5, 5.41) is 0. The van der Waals surface area contributed by atoms with E-state index in [1.54, 1.807) is 14.0 Å². The van der Waals surface area contributed by atoms with Crippen molar-refractivity contribution in [1.82, 2.24) is 4.90 Å². The largest absolute Gasteiger partial charge is 0.497 e. The summed E-state index contributed by atoms with van der Waals surface area (Å²) in [6.45, 7) is 2.35. The Morgan fingerprint density at radius 2 is 2.20 bits per heavy atom. The van der Waals surface area contributed by atoms with Crippen molar-refractivity contribution in [2.24, 2.45) is 0 Å². The first-order chi connectivity index (χ1) is 9.60. The molecule has 4 nitrogen and oxygen atoms in total. The molecular weight excluding hydrogens is 254 g/mol. The lowest BCUT2D eigenvalue weighted by Gasteiger charge is -2.24. The average Bonchev–Trinajstić information content (AvgIpc) is 2.86. The van der Waals surface area contributed by atoms with Crippen molar-refractivity contribution in [3.05, 3.63) is 29.8 Å². The van der Waals surface area contributed by atoms with E-state index in [2.05, 4.69) is 0 Å². The number of hydrogen-bond donors (Lipinski definition) is 0. The van der Waals surface area contributed by atoms with E-state index in [0.717, 1.165) is 30.7 Å². The highest BCUT2D eigenvalue weighted by Crippen LogP contribution is 2.22. The number of amides is 1. The summed E-state index contributed by atoms with van der Waals surface area (Å²) in [6, 6.07) is 7.65. The summed E-state index contributed by atoms with van der Waals surface area (Å²) < 4.78 is 5.17. The first-order valence-corrected chi connectivity index (χ1v) is 7.02. The zero-order valence-electron chi connectivity index (χ0n) is 12.1. The molecule has 1 aromatic rings. The predicted octanol–water partition coefficient (Wildman–Crippen LogP) is 2.21. The number of likely N-dealkylation sites (tertiary alicyclic amines) is 1. The van der Waals surface area contributed by atoms with Gasteiger partial charge in [0.2, 0.25) is 5.91 Å². The molecule has 2 rings (SSSR count). The number of nitrogens with zero attached hydrogens (tertiary/aromatic N) is 1. The molecule has 0 saturated carbocycles. The first kappa shape index (κ1) is 14.6. The fraction of sp³-hybridized carbons (Fsp3) is 0.500. The van der Waals surface area contributed by atoms with Gasteiger partial charge < -0.3 is 9.64 Å². The molecule has 0 aromatic heterocycles. The monoisotopic (exact) mass is 275 g/mol. The normalized spacial score (nSPS) is 18.1. The molecule has 20 heavy (non-hydrogen) atoms. The number of Topliss-reactive ketones (excluding diaryl/α,β-unsaturated/α-hetero) is 1. The van der Waals surface area contributed by atoms with Gasteiger partial charge in [0.05, 0.1) is 13.5 Å². The van der Waals surface area contributed by atoms with Crippen LogP contribution in [0, 0.1) is 0 Å². The van der Waals surface area contributed by atoms with E-state index in [9.17, 15) is 9.59 Å². The fourth-order valence-corrected chi connectivity index (χ4v) is 2.77. The molecular formula is C16H21NO3. The van der Waals surface area contributed by atoms with Crippen LogP contribution >= 0.6 is 0 Å². The maximum Gasteiger partial charge on any atom is 0.227 e. The minimum atomic E-state index is 0.0885.